The molecule has 3 heteroatoms. The van der Waals surface area contributed by atoms with E-state index in [0.29, 0.717) is 12.1 Å². The second kappa shape index (κ2) is 5.51. The number of hydrogen-bond donors (Lipinski definition) is 1. The molecule has 0 spiro atoms. The van der Waals surface area contributed by atoms with Crippen molar-refractivity contribution in [3.63, 3.8) is 0 Å². The van der Waals surface area contributed by atoms with Crippen LogP contribution in [0.2, 0.25) is 0 Å². The van der Waals surface area contributed by atoms with Gasteiger partial charge in [0.05, 0.1) is 12.6 Å². The third-order valence-electron chi connectivity index (χ3n) is 3.13. The summed E-state index contributed by atoms with van der Waals surface area (Å²) >= 11 is 0. The first-order valence-corrected chi connectivity index (χ1v) is 6.24. The molecule has 2 rings (SSSR count). The first-order chi connectivity index (χ1) is 7.81. The molecule has 1 aliphatic rings. The molecule has 0 bridgehead atoms. The van der Waals surface area contributed by atoms with Crippen LogP contribution in [0.4, 0.5) is 0 Å². The molecule has 0 aromatic carbocycles. The summed E-state index contributed by atoms with van der Waals surface area (Å²) in [7, 11) is 0. The molecule has 0 atom stereocenters. The number of ether oxygens (including phenoxy) is 1. The van der Waals surface area contributed by atoms with Crippen LogP contribution >= 0.6 is 0 Å². The SMILES string of the molecule is CCOC1CC(NCc2ccc(CC)o2)C1. The van der Waals surface area contributed by atoms with E-state index in [1.807, 2.05) is 0 Å². The van der Waals surface area contributed by atoms with E-state index in [4.69, 9.17) is 9.15 Å². The fourth-order valence-corrected chi connectivity index (χ4v) is 2.06. The predicted octanol–water partition coefficient (Wildman–Crippen LogP) is 2.50. The summed E-state index contributed by atoms with van der Waals surface area (Å²) in [5, 5.41) is 3.49. The van der Waals surface area contributed by atoms with E-state index in [1.54, 1.807) is 0 Å². The van der Waals surface area contributed by atoms with Crippen molar-refractivity contribution in [2.45, 2.75) is 51.8 Å². The molecule has 0 aliphatic heterocycles. The van der Waals surface area contributed by atoms with Gasteiger partial charge in [-0.05, 0) is 31.9 Å². The highest BCUT2D eigenvalue weighted by Gasteiger charge is 2.28. The first kappa shape index (κ1) is 11.7. The Balaban J connectivity index is 1.65. The molecule has 0 saturated heterocycles. The van der Waals surface area contributed by atoms with Crippen LogP contribution in [0.25, 0.3) is 0 Å². The molecule has 16 heavy (non-hydrogen) atoms. The third-order valence-corrected chi connectivity index (χ3v) is 3.13. The smallest absolute Gasteiger partial charge is 0.117 e. The Morgan fingerprint density at radius 1 is 1.31 bits per heavy atom. The zero-order valence-electron chi connectivity index (χ0n) is 10.2. The van der Waals surface area contributed by atoms with Gasteiger partial charge in [0.1, 0.15) is 11.5 Å². The van der Waals surface area contributed by atoms with E-state index >= 15 is 0 Å². The van der Waals surface area contributed by atoms with Gasteiger partial charge in [-0.25, -0.2) is 0 Å². The van der Waals surface area contributed by atoms with Crippen molar-refractivity contribution in [3.8, 4) is 0 Å². The van der Waals surface area contributed by atoms with Crippen LogP contribution in [-0.4, -0.2) is 18.8 Å². The van der Waals surface area contributed by atoms with Gasteiger partial charge in [0, 0.05) is 19.1 Å². The molecule has 1 N–H and O–H groups in total. The van der Waals surface area contributed by atoms with Gasteiger partial charge in [0.15, 0.2) is 0 Å². The highest BCUT2D eigenvalue weighted by molar-refractivity contribution is 5.07. The standard InChI is InChI=1S/C13H21NO2/c1-3-11-5-6-12(16-11)9-14-10-7-13(8-10)15-4-2/h5-6,10,13-14H,3-4,7-9H2,1-2H3. The first-order valence-electron chi connectivity index (χ1n) is 6.24. The average Bonchev–Trinajstić information content (AvgIpc) is 2.69. The summed E-state index contributed by atoms with van der Waals surface area (Å²) in [6.07, 6.45) is 3.71. The molecule has 90 valence electrons. The van der Waals surface area contributed by atoms with Gasteiger partial charge >= 0.3 is 0 Å². The Hall–Kier alpha value is -0.800. The van der Waals surface area contributed by atoms with Crippen molar-refractivity contribution in [2.75, 3.05) is 6.61 Å². The Morgan fingerprint density at radius 2 is 2.06 bits per heavy atom. The van der Waals surface area contributed by atoms with E-state index in [1.165, 1.54) is 0 Å². The van der Waals surface area contributed by atoms with Crippen molar-refractivity contribution >= 4 is 0 Å². The molecule has 0 unspecified atom stereocenters. The van der Waals surface area contributed by atoms with Crippen molar-refractivity contribution in [2.24, 2.45) is 0 Å². The van der Waals surface area contributed by atoms with Gasteiger partial charge < -0.3 is 14.5 Å². The normalized spacial score (nSPS) is 24.4. The summed E-state index contributed by atoms with van der Waals surface area (Å²) in [6.45, 7) is 5.82. The minimum Gasteiger partial charge on any atom is -0.465 e. The Morgan fingerprint density at radius 3 is 2.69 bits per heavy atom. The molecule has 1 heterocycles. The topological polar surface area (TPSA) is 34.4 Å². The summed E-state index contributed by atoms with van der Waals surface area (Å²) < 4.78 is 11.2. The average molecular weight is 223 g/mol. The Labute approximate surface area is 97.2 Å². The minimum atomic E-state index is 0.477. The van der Waals surface area contributed by atoms with Gasteiger partial charge in [-0.1, -0.05) is 6.92 Å². The molecule has 0 radical (unpaired) electrons. The quantitative estimate of drug-likeness (QED) is 0.804. The fourth-order valence-electron chi connectivity index (χ4n) is 2.06. The number of rotatable bonds is 6. The minimum absolute atomic E-state index is 0.477. The number of nitrogens with one attached hydrogen (secondary N) is 1. The van der Waals surface area contributed by atoms with Crippen molar-refractivity contribution in [3.05, 3.63) is 23.7 Å². The van der Waals surface area contributed by atoms with Crippen LogP contribution < -0.4 is 5.32 Å². The van der Waals surface area contributed by atoms with E-state index in [0.717, 1.165) is 43.9 Å². The third kappa shape index (κ3) is 2.86. The van der Waals surface area contributed by atoms with Gasteiger partial charge in [0.25, 0.3) is 0 Å². The predicted molar refractivity (Wildman–Crippen MR) is 63.4 cm³/mol. The van der Waals surface area contributed by atoms with Gasteiger partial charge in [-0.2, -0.15) is 0 Å². The number of aryl methyl sites for hydroxylation is 1. The monoisotopic (exact) mass is 223 g/mol. The van der Waals surface area contributed by atoms with Crippen LogP contribution in [0, 0.1) is 0 Å². The molecule has 1 fully saturated rings. The zero-order chi connectivity index (χ0) is 11.4. The van der Waals surface area contributed by atoms with E-state index in [9.17, 15) is 0 Å². The van der Waals surface area contributed by atoms with Crippen molar-refractivity contribution < 1.29 is 9.15 Å². The summed E-state index contributed by atoms with van der Waals surface area (Å²) in [5.41, 5.74) is 0. The second-order valence-corrected chi connectivity index (χ2v) is 4.35. The van der Waals surface area contributed by atoms with E-state index in [-0.39, 0.29) is 0 Å². The Kier molecular flexibility index (Phi) is 4.02. The largest absolute Gasteiger partial charge is 0.465 e. The highest BCUT2D eigenvalue weighted by atomic mass is 16.5. The summed E-state index contributed by atoms with van der Waals surface area (Å²) in [5.74, 6) is 2.11. The lowest BCUT2D eigenvalue weighted by Gasteiger charge is -2.35. The zero-order valence-corrected chi connectivity index (χ0v) is 10.2. The van der Waals surface area contributed by atoms with Crippen molar-refractivity contribution in [1.82, 2.24) is 5.32 Å². The van der Waals surface area contributed by atoms with E-state index in [2.05, 4.69) is 31.3 Å². The molecule has 1 aromatic heterocycles. The van der Waals surface area contributed by atoms with Crippen molar-refractivity contribution in [1.29, 1.82) is 0 Å². The second-order valence-electron chi connectivity index (χ2n) is 4.35. The van der Waals surface area contributed by atoms with Crippen LogP contribution in [0.15, 0.2) is 16.5 Å². The fraction of sp³-hybridized carbons (Fsp3) is 0.692. The van der Waals surface area contributed by atoms with Gasteiger partial charge in [-0.3, -0.25) is 0 Å². The maximum atomic E-state index is 5.63. The molecule has 1 aromatic rings. The highest BCUT2D eigenvalue weighted by Crippen LogP contribution is 2.23. The van der Waals surface area contributed by atoms with Gasteiger partial charge in [-0.15, -0.1) is 0 Å². The molecule has 1 saturated carbocycles. The Bertz CT molecular complexity index is 315. The molecule has 3 nitrogen and oxygen atoms in total. The van der Waals surface area contributed by atoms with Gasteiger partial charge in [0.2, 0.25) is 0 Å². The number of hydrogen-bond acceptors (Lipinski definition) is 3. The molecular formula is C13H21NO2. The van der Waals surface area contributed by atoms with Crippen LogP contribution in [0.5, 0.6) is 0 Å². The van der Waals surface area contributed by atoms with Crippen LogP contribution in [0.1, 0.15) is 38.2 Å². The van der Waals surface area contributed by atoms with Crippen LogP contribution in [0.3, 0.4) is 0 Å². The van der Waals surface area contributed by atoms with E-state index < -0.39 is 0 Å². The number of furan rings is 1. The lowest BCUT2D eigenvalue weighted by molar-refractivity contribution is -0.0105. The molecule has 1 aliphatic carbocycles. The maximum Gasteiger partial charge on any atom is 0.117 e. The molecular weight excluding hydrogens is 202 g/mol. The lowest BCUT2D eigenvalue weighted by atomic mass is 9.89. The van der Waals surface area contributed by atoms with Crippen LogP contribution in [-0.2, 0) is 17.7 Å². The summed E-state index contributed by atoms with van der Waals surface area (Å²) in [4.78, 5) is 0. The lowest BCUT2D eigenvalue weighted by Crippen LogP contribution is -2.45. The summed E-state index contributed by atoms with van der Waals surface area (Å²) in [6, 6.07) is 4.72. The molecule has 0 amide bonds. The maximum absolute atomic E-state index is 5.63.